The van der Waals surface area contributed by atoms with Crippen LogP contribution in [0, 0.1) is 6.92 Å². The third-order valence-corrected chi connectivity index (χ3v) is 3.57. The Kier molecular flexibility index (Phi) is 3.81. The van der Waals surface area contributed by atoms with Crippen molar-refractivity contribution in [3.63, 3.8) is 0 Å². The van der Waals surface area contributed by atoms with Crippen LogP contribution in [-0.4, -0.2) is 0 Å². The molecule has 1 unspecified atom stereocenters. The van der Waals surface area contributed by atoms with Crippen molar-refractivity contribution < 1.29 is 4.42 Å². The van der Waals surface area contributed by atoms with Crippen LogP contribution in [0.15, 0.2) is 41.0 Å². The van der Waals surface area contributed by atoms with Gasteiger partial charge in [0.1, 0.15) is 5.76 Å². The fourth-order valence-corrected chi connectivity index (χ4v) is 2.28. The van der Waals surface area contributed by atoms with Crippen LogP contribution in [0.1, 0.15) is 49.3 Å². The topological polar surface area (TPSA) is 39.2 Å². The fourth-order valence-electron chi connectivity index (χ4n) is 2.28. The smallest absolute Gasteiger partial charge is 0.105 e. The first-order chi connectivity index (χ1) is 8.88. The summed E-state index contributed by atoms with van der Waals surface area (Å²) in [4.78, 5) is 0. The van der Waals surface area contributed by atoms with Crippen molar-refractivity contribution in [2.75, 3.05) is 0 Å². The van der Waals surface area contributed by atoms with E-state index in [4.69, 9.17) is 10.2 Å². The van der Waals surface area contributed by atoms with Gasteiger partial charge in [-0.15, -0.1) is 0 Å². The monoisotopic (exact) mass is 257 g/mol. The van der Waals surface area contributed by atoms with E-state index in [0.717, 1.165) is 17.7 Å². The Hall–Kier alpha value is -1.54. The van der Waals surface area contributed by atoms with Gasteiger partial charge >= 0.3 is 0 Å². The maximum atomic E-state index is 6.24. The molecule has 2 rings (SSSR count). The standard InChI is InChI=1S/C17H23NO/c1-12-15(9-10-19-12)16(18)11-13-5-7-14(8-6-13)17(2,3)4/h5-10,16H,11,18H2,1-4H3. The molecule has 0 amide bonds. The van der Waals surface area contributed by atoms with Crippen LogP contribution in [0.3, 0.4) is 0 Å². The molecule has 0 bridgehead atoms. The van der Waals surface area contributed by atoms with Crippen molar-refractivity contribution in [2.45, 2.75) is 45.6 Å². The average Bonchev–Trinajstić information content (AvgIpc) is 2.75. The van der Waals surface area contributed by atoms with Gasteiger partial charge in [0.2, 0.25) is 0 Å². The van der Waals surface area contributed by atoms with Gasteiger partial charge in [-0.1, -0.05) is 45.0 Å². The van der Waals surface area contributed by atoms with Crippen LogP contribution < -0.4 is 5.73 Å². The van der Waals surface area contributed by atoms with Crippen LogP contribution in [0.2, 0.25) is 0 Å². The third kappa shape index (κ3) is 3.27. The van der Waals surface area contributed by atoms with E-state index in [1.807, 2.05) is 13.0 Å². The van der Waals surface area contributed by atoms with E-state index in [1.165, 1.54) is 11.1 Å². The summed E-state index contributed by atoms with van der Waals surface area (Å²) in [5.74, 6) is 0.916. The van der Waals surface area contributed by atoms with Crippen LogP contribution in [0.25, 0.3) is 0 Å². The summed E-state index contributed by atoms with van der Waals surface area (Å²) in [6.45, 7) is 8.63. The zero-order chi connectivity index (χ0) is 14.0. The van der Waals surface area contributed by atoms with E-state index in [2.05, 4.69) is 45.0 Å². The predicted molar refractivity (Wildman–Crippen MR) is 79.2 cm³/mol. The minimum Gasteiger partial charge on any atom is -0.469 e. The molecule has 0 spiro atoms. The van der Waals surface area contributed by atoms with E-state index in [9.17, 15) is 0 Å². The van der Waals surface area contributed by atoms with Gasteiger partial charge < -0.3 is 10.2 Å². The van der Waals surface area contributed by atoms with Gasteiger partial charge in [0.15, 0.2) is 0 Å². The van der Waals surface area contributed by atoms with E-state index >= 15 is 0 Å². The molecule has 0 aliphatic heterocycles. The average molecular weight is 257 g/mol. The van der Waals surface area contributed by atoms with Crippen LogP contribution in [0.4, 0.5) is 0 Å². The summed E-state index contributed by atoms with van der Waals surface area (Å²) in [5.41, 5.74) is 10.1. The Morgan fingerprint density at radius 3 is 2.21 bits per heavy atom. The maximum absolute atomic E-state index is 6.24. The van der Waals surface area contributed by atoms with E-state index in [-0.39, 0.29) is 11.5 Å². The van der Waals surface area contributed by atoms with Gasteiger partial charge in [-0.05, 0) is 36.0 Å². The summed E-state index contributed by atoms with van der Waals surface area (Å²) in [6, 6.07) is 10.7. The number of hydrogen-bond acceptors (Lipinski definition) is 2. The zero-order valence-corrected chi connectivity index (χ0v) is 12.2. The van der Waals surface area contributed by atoms with Gasteiger partial charge in [0.25, 0.3) is 0 Å². The number of aryl methyl sites for hydroxylation is 1. The Bertz CT molecular complexity index is 531. The molecular weight excluding hydrogens is 234 g/mol. The Morgan fingerprint density at radius 1 is 1.11 bits per heavy atom. The van der Waals surface area contributed by atoms with Crippen LogP contribution in [0.5, 0.6) is 0 Å². The Balaban J connectivity index is 2.10. The lowest BCUT2D eigenvalue weighted by Crippen LogP contribution is -2.14. The Labute approximate surface area is 115 Å². The summed E-state index contributed by atoms with van der Waals surface area (Å²) in [6.07, 6.45) is 2.54. The molecule has 19 heavy (non-hydrogen) atoms. The number of rotatable bonds is 3. The zero-order valence-electron chi connectivity index (χ0n) is 12.2. The summed E-state index contributed by atoms with van der Waals surface area (Å²) in [7, 11) is 0. The van der Waals surface area contributed by atoms with Gasteiger partial charge in [0.05, 0.1) is 6.26 Å². The molecule has 0 fully saturated rings. The second-order valence-electron chi connectivity index (χ2n) is 6.19. The molecule has 0 radical (unpaired) electrons. The van der Waals surface area contributed by atoms with Crippen molar-refractivity contribution in [3.8, 4) is 0 Å². The highest BCUT2D eigenvalue weighted by Gasteiger charge is 2.15. The highest BCUT2D eigenvalue weighted by Crippen LogP contribution is 2.24. The van der Waals surface area contributed by atoms with E-state index in [1.54, 1.807) is 6.26 Å². The quantitative estimate of drug-likeness (QED) is 0.898. The van der Waals surface area contributed by atoms with Crippen molar-refractivity contribution >= 4 is 0 Å². The molecule has 1 atom stereocenters. The van der Waals surface area contributed by atoms with Crippen LogP contribution in [-0.2, 0) is 11.8 Å². The molecule has 0 saturated heterocycles. The van der Waals surface area contributed by atoms with Gasteiger partial charge in [-0.25, -0.2) is 0 Å². The molecule has 0 aliphatic rings. The Morgan fingerprint density at radius 2 is 1.74 bits per heavy atom. The predicted octanol–water partition coefficient (Wildman–Crippen LogP) is 4.13. The summed E-state index contributed by atoms with van der Waals surface area (Å²) < 4.78 is 5.31. The van der Waals surface area contributed by atoms with Crippen molar-refractivity contribution in [3.05, 3.63) is 59.0 Å². The number of furan rings is 1. The normalized spacial score (nSPS) is 13.5. The fraction of sp³-hybridized carbons (Fsp3) is 0.412. The molecule has 1 heterocycles. The summed E-state index contributed by atoms with van der Waals surface area (Å²) >= 11 is 0. The SMILES string of the molecule is Cc1occc1C(N)Cc1ccc(C(C)(C)C)cc1. The molecule has 2 N–H and O–H groups in total. The van der Waals surface area contributed by atoms with E-state index in [0.29, 0.717) is 0 Å². The highest BCUT2D eigenvalue weighted by molar-refractivity contribution is 5.29. The number of benzene rings is 1. The lowest BCUT2D eigenvalue weighted by Gasteiger charge is -2.19. The second kappa shape index (κ2) is 5.22. The molecular formula is C17H23NO. The molecule has 102 valence electrons. The number of hydrogen-bond donors (Lipinski definition) is 1. The molecule has 1 aromatic carbocycles. The first-order valence-electron chi connectivity index (χ1n) is 6.77. The van der Waals surface area contributed by atoms with Crippen molar-refractivity contribution in [1.82, 2.24) is 0 Å². The lowest BCUT2D eigenvalue weighted by molar-refractivity contribution is 0.524. The minimum absolute atomic E-state index is 0.000707. The second-order valence-corrected chi connectivity index (χ2v) is 6.19. The molecule has 2 nitrogen and oxygen atoms in total. The molecule has 0 aliphatic carbocycles. The van der Waals surface area contributed by atoms with Crippen molar-refractivity contribution in [1.29, 1.82) is 0 Å². The molecule has 2 aromatic rings. The number of nitrogens with two attached hydrogens (primary N) is 1. The van der Waals surface area contributed by atoms with E-state index < -0.39 is 0 Å². The largest absolute Gasteiger partial charge is 0.469 e. The minimum atomic E-state index is -0.000707. The lowest BCUT2D eigenvalue weighted by atomic mass is 9.86. The van der Waals surface area contributed by atoms with Gasteiger partial charge in [-0.3, -0.25) is 0 Å². The maximum Gasteiger partial charge on any atom is 0.105 e. The first kappa shape index (κ1) is 13.9. The van der Waals surface area contributed by atoms with Crippen molar-refractivity contribution in [2.24, 2.45) is 5.73 Å². The first-order valence-corrected chi connectivity index (χ1v) is 6.77. The highest BCUT2D eigenvalue weighted by atomic mass is 16.3. The molecule has 0 saturated carbocycles. The molecule has 2 heteroatoms. The third-order valence-electron chi connectivity index (χ3n) is 3.57. The van der Waals surface area contributed by atoms with Crippen LogP contribution >= 0.6 is 0 Å². The van der Waals surface area contributed by atoms with Gasteiger partial charge in [0, 0.05) is 11.6 Å². The molecule has 1 aromatic heterocycles. The van der Waals surface area contributed by atoms with Gasteiger partial charge in [-0.2, -0.15) is 0 Å². The summed E-state index contributed by atoms with van der Waals surface area (Å²) in [5, 5.41) is 0.